The summed E-state index contributed by atoms with van der Waals surface area (Å²) in [4.78, 5) is 43.6. The molecule has 1 aliphatic heterocycles. The molecule has 11 nitrogen and oxygen atoms in total. The Morgan fingerprint density at radius 2 is 1.62 bits per heavy atom. The normalized spacial score (nSPS) is 16.1. The van der Waals surface area contributed by atoms with Gasteiger partial charge < -0.3 is 29.8 Å². The van der Waals surface area contributed by atoms with Crippen molar-refractivity contribution in [1.29, 1.82) is 0 Å². The van der Waals surface area contributed by atoms with Crippen molar-refractivity contribution in [2.45, 2.75) is 51.4 Å². The van der Waals surface area contributed by atoms with Gasteiger partial charge in [0, 0.05) is 58.5 Å². The van der Waals surface area contributed by atoms with Crippen molar-refractivity contribution in [2.24, 2.45) is 10.7 Å². The number of hydrogen-bond donors (Lipinski definition) is 2. The highest BCUT2D eigenvalue weighted by atomic mass is 16.6. The fourth-order valence-corrected chi connectivity index (χ4v) is 2.97. The number of aldehydes is 3. The first-order valence-corrected chi connectivity index (χ1v) is 12.4. The van der Waals surface area contributed by atoms with E-state index < -0.39 is 0 Å². The number of unbranched alkanes of at least 4 members (excludes halogenated alkanes) is 2. The molecule has 11 heteroatoms. The van der Waals surface area contributed by atoms with Crippen molar-refractivity contribution in [3.8, 4) is 0 Å². The van der Waals surface area contributed by atoms with Crippen molar-refractivity contribution in [1.82, 2.24) is 0 Å². The number of carbonyl (C=O) groups is 4. The van der Waals surface area contributed by atoms with Crippen LogP contribution in [0.5, 0.6) is 0 Å². The topological polar surface area (TPSA) is 155 Å². The van der Waals surface area contributed by atoms with Crippen LogP contribution in [-0.4, -0.2) is 102 Å². The second-order valence-electron chi connectivity index (χ2n) is 8.43. The summed E-state index contributed by atoms with van der Waals surface area (Å²) in [6.45, 7) is 2.69. The van der Waals surface area contributed by atoms with Gasteiger partial charge in [0.05, 0.1) is 26.8 Å². The summed E-state index contributed by atoms with van der Waals surface area (Å²) in [7, 11) is 9.96. The molecule has 2 rings (SSSR count). The highest BCUT2D eigenvalue weighted by Gasteiger charge is 2.35. The molecule has 0 aromatic heterocycles. The third-order valence-electron chi connectivity index (χ3n) is 4.94. The van der Waals surface area contributed by atoms with E-state index in [0.29, 0.717) is 41.2 Å². The fourth-order valence-electron chi connectivity index (χ4n) is 2.97. The van der Waals surface area contributed by atoms with Gasteiger partial charge >= 0.3 is 0 Å². The molecule has 0 radical (unpaired) electrons. The van der Waals surface area contributed by atoms with E-state index in [1.54, 1.807) is 51.7 Å². The van der Waals surface area contributed by atoms with Crippen LogP contribution in [0.3, 0.4) is 0 Å². The van der Waals surface area contributed by atoms with Crippen molar-refractivity contribution < 1.29 is 43.0 Å². The number of amidine groups is 1. The first kappa shape index (κ1) is 40.4. The molecule has 39 heavy (non-hydrogen) atoms. The number of hydrogen-bond acceptors (Lipinski definition) is 8. The van der Waals surface area contributed by atoms with Gasteiger partial charge in [0.1, 0.15) is 18.3 Å². The summed E-state index contributed by atoms with van der Waals surface area (Å²) < 4.78 is 15.8. The highest BCUT2D eigenvalue weighted by Crippen LogP contribution is 2.26. The third-order valence-corrected chi connectivity index (χ3v) is 4.94. The molecule has 0 spiro atoms. The van der Waals surface area contributed by atoms with Crippen molar-refractivity contribution in [3.05, 3.63) is 47.7 Å². The summed E-state index contributed by atoms with van der Waals surface area (Å²) in [6, 6.07) is 6.65. The number of ether oxygens (including phenoxy) is 3. The van der Waals surface area contributed by atoms with Gasteiger partial charge in [0.2, 0.25) is 6.41 Å². The second kappa shape index (κ2) is 27.9. The zero-order valence-corrected chi connectivity index (χ0v) is 24.4. The Morgan fingerprint density at radius 1 is 1.08 bits per heavy atom. The van der Waals surface area contributed by atoms with Gasteiger partial charge in [-0.1, -0.05) is 37.6 Å². The number of methoxy groups -OCH3 is 2. The Balaban J connectivity index is -0.000000517. The van der Waals surface area contributed by atoms with Crippen LogP contribution < -0.4 is 5.73 Å². The van der Waals surface area contributed by atoms with Gasteiger partial charge in [0.25, 0.3) is 0 Å². The highest BCUT2D eigenvalue weighted by molar-refractivity contribution is 5.95. The smallest absolute Gasteiger partial charge is 0.234 e. The predicted molar refractivity (Wildman–Crippen MR) is 153 cm³/mol. The number of nitrogens with zero attached hydrogens (tertiary/aromatic N) is 2. The van der Waals surface area contributed by atoms with Crippen LogP contribution in [0, 0.1) is 0 Å². The molecule has 1 aliphatic rings. The summed E-state index contributed by atoms with van der Waals surface area (Å²) in [6.07, 6.45) is 11.3. The fraction of sp³-hybridized carbons (Fsp3) is 0.536. The average Bonchev–Trinajstić information content (AvgIpc) is 3.43. The number of quaternary nitrogens is 1. The van der Waals surface area contributed by atoms with E-state index in [9.17, 15) is 19.2 Å². The van der Waals surface area contributed by atoms with E-state index in [2.05, 4.69) is 16.7 Å². The Kier molecular flexibility index (Phi) is 28.9. The van der Waals surface area contributed by atoms with Gasteiger partial charge in [-0.15, -0.1) is 0 Å². The summed E-state index contributed by atoms with van der Waals surface area (Å²) >= 11 is 0. The lowest BCUT2D eigenvalue weighted by molar-refractivity contribution is -0.889. The maximum Gasteiger partial charge on any atom is 0.234 e. The molecule has 0 bridgehead atoms. The zero-order chi connectivity index (χ0) is 30.5. The molecule has 222 valence electrons. The lowest BCUT2D eigenvalue weighted by atomic mass is 10.1. The number of aliphatic hydroxyl groups is 1. The van der Waals surface area contributed by atoms with Crippen LogP contribution in [0.1, 0.15) is 59.7 Å². The SMILES string of the molecule is CCCCC=O.CO.COC.COCC1CCC([N+](C)(C)/C=C\C(N)=NC=O)O1.O=Cc1ccccc1C=O. The molecule has 1 fully saturated rings. The molecule has 2 atom stereocenters. The van der Waals surface area contributed by atoms with Gasteiger partial charge in [-0.05, 0) is 12.8 Å². The van der Waals surface area contributed by atoms with E-state index in [1.165, 1.54) is 0 Å². The number of benzene rings is 1. The summed E-state index contributed by atoms with van der Waals surface area (Å²) in [5, 5.41) is 7.00. The summed E-state index contributed by atoms with van der Waals surface area (Å²) in [5.74, 6) is 0.197. The number of aliphatic hydroxyl groups excluding tert-OH is 1. The average molecular weight is 555 g/mol. The quantitative estimate of drug-likeness (QED) is 0.138. The molecule has 1 heterocycles. The molecule has 3 N–H and O–H groups in total. The molecule has 1 aromatic rings. The second-order valence-corrected chi connectivity index (χ2v) is 8.43. The largest absolute Gasteiger partial charge is 0.400 e. The predicted octanol–water partition coefficient (Wildman–Crippen LogP) is 2.80. The number of nitrogens with two attached hydrogens (primary N) is 1. The minimum Gasteiger partial charge on any atom is -0.400 e. The molecular formula is C28H48N3O8+. The number of amides is 1. The van der Waals surface area contributed by atoms with Crippen LogP contribution >= 0.6 is 0 Å². The lowest BCUT2D eigenvalue weighted by Gasteiger charge is -2.31. The minimum atomic E-state index is 0.0745. The van der Waals surface area contributed by atoms with Crippen molar-refractivity contribution in [2.75, 3.05) is 49.1 Å². The molecule has 0 aliphatic carbocycles. The Morgan fingerprint density at radius 3 is 2.00 bits per heavy atom. The molecule has 0 saturated carbocycles. The third kappa shape index (κ3) is 21.5. The Bertz CT molecular complexity index is 802. The molecule has 1 aromatic carbocycles. The van der Waals surface area contributed by atoms with Gasteiger partial charge in [0.15, 0.2) is 18.8 Å². The first-order valence-electron chi connectivity index (χ1n) is 12.4. The zero-order valence-electron chi connectivity index (χ0n) is 24.4. The monoisotopic (exact) mass is 554 g/mol. The molecule has 1 amide bonds. The van der Waals surface area contributed by atoms with E-state index in [4.69, 9.17) is 20.3 Å². The van der Waals surface area contributed by atoms with Gasteiger partial charge in [-0.25, -0.2) is 0 Å². The van der Waals surface area contributed by atoms with Crippen molar-refractivity contribution in [3.63, 3.8) is 0 Å². The first-order chi connectivity index (χ1) is 18.7. The van der Waals surface area contributed by atoms with Crippen LogP contribution in [0.2, 0.25) is 0 Å². The van der Waals surface area contributed by atoms with Crippen LogP contribution in [0.4, 0.5) is 0 Å². The molecule has 2 unspecified atom stereocenters. The standard InChI is InChI=1S/C12H21N3O3.C8H6O2.C5H10O.C2H6O.CH4O/c1-15(2,7-6-11(13)14-9-16)12-5-4-10(18-12)8-17-3;9-5-7-3-1-2-4-8(7)6-10;1-2-3-4-5-6;1-3-2;1-2/h6-7,9-10,12H,4-5,8H2,1-3H3,(H-,13,14,16);1-6H;5H,2-4H2,1H3;1-2H3;2H,1H3/p+1/b7-6-;;;;. The lowest BCUT2D eigenvalue weighted by Crippen LogP contribution is -2.44. The van der Waals surface area contributed by atoms with E-state index in [-0.39, 0.29) is 18.2 Å². The van der Waals surface area contributed by atoms with Gasteiger partial charge in [-0.3, -0.25) is 18.9 Å². The molecule has 1 saturated heterocycles. The molecular weight excluding hydrogens is 506 g/mol. The van der Waals surface area contributed by atoms with E-state index in [1.807, 2.05) is 20.3 Å². The van der Waals surface area contributed by atoms with Crippen LogP contribution in [0.25, 0.3) is 0 Å². The Labute approximate surface area is 233 Å². The maximum absolute atomic E-state index is 10.2. The summed E-state index contributed by atoms with van der Waals surface area (Å²) in [5.41, 5.74) is 6.41. The Hall–Kier alpha value is -3.09. The number of rotatable bonds is 11. The van der Waals surface area contributed by atoms with E-state index >= 15 is 0 Å². The number of aliphatic imine (C=N–C) groups is 1. The van der Waals surface area contributed by atoms with Crippen LogP contribution in [-0.2, 0) is 23.8 Å². The number of carbonyl (C=O) groups excluding carboxylic acids is 4. The van der Waals surface area contributed by atoms with Crippen LogP contribution in [0.15, 0.2) is 41.5 Å². The van der Waals surface area contributed by atoms with E-state index in [0.717, 1.165) is 45.5 Å². The minimum absolute atomic E-state index is 0.0745. The van der Waals surface area contributed by atoms with Gasteiger partial charge in [-0.2, -0.15) is 4.99 Å². The van der Waals surface area contributed by atoms with Crippen molar-refractivity contribution >= 4 is 31.1 Å². The maximum atomic E-state index is 10.2.